The fourth-order valence-electron chi connectivity index (χ4n) is 1.83. The van der Waals surface area contributed by atoms with Crippen molar-refractivity contribution in [3.63, 3.8) is 0 Å². The Bertz CT molecular complexity index is 442. The summed E-state index contributed by atoms with van der Waals surface area (Å²) in [6, 6.07) is 5.72. The Kier molecular flexibility index (Phi) is 10.5. The topological polar surface area (TPSA) is 64.3 Å². The molecule has 1 rings (SSSR count). The van der Waals surface area contributed by atoms with Crippen LogP contribution in [0.15, 0.2) is 22.7 Å². The number of hydrogen-bond acceptors (Lipinski definition) is 3. The summed E-state index contributed by atoms with van der Waals surface area (Å²) in [4.78, 5) is 10.8. The van der Waals surface area contributed by atoms with Crippen LogP contribution in [0.3, 0.4) is 0 Å². The molecule has 0 atom stereocenters. The van der Waals surface area contributed by atoms with Gasteiger partial charge in [0.25, 0.3) is 5.91 Å². The van der Waals surface area contributed by atoms with Gasteiger partial charge in [-0.05, 0) is 43.5 Å². The van der Waals surface area contributed by atoms with Crippen molar-refractivity contribution in [3.8, 4) is 5.75 Å². The lowest BCUT2D eigenvalue weighted by Gasteiger charge is -2.12. The van der Waals surface area contributed by atoms with E-state index in [0.717, 1.165) is 28.9 Å². The van der Waals surface area contributed by atoms with E-state index in [9.17, 15) is 4.79 Å². The van der Waals surface area contributed by atoms with Crippen LogP contribution in [0, 0.1) is 5.92 Å². The van der Waals surface area contributed by atoms with Gasteiger partial charge in [-0.2, -0.15) is 0 Å². The Morgan fingerprint density at radius 2 is 2.14 bits per heavy atom. The SMILES string of the molecule is CC(C)CCCNCc1cc(Br)ccc1OCC(N)=O.Cl. The Hall–Kier alpha value is -0.780. The van der Waals surface area contributed by atoms with Crippen molar-refractivity contribution >= 4 is 34.2 Å². The minimum absolute atomic E-state index is 0. The third kappa shape index (κ3) is 8.96. The molecule has 0 bridgehead atoms. The summed E-state index contributed by atoms with van der Waals surface area (Å²) in [5.41, 5.74) is 6.12. The number of rotatable bonds is 9. The molecule has 1 amide bonds. The first-order chi connectivity index (χ1) is 9.49. The van der Waals surface area contributed by atoms with Crippen LogP contribution in [-0.2, 0) is 11.3 Å². The molecule has 0 aliphatic carbocycles. The molecule has 3 N–H and O–H groups in total. The maximum absolute atomic E-state index is 10.8. The van der Waals surface area contributed by atoms with Crippen LogP contribution in [0.4, 0.5) is 0 Å². The molecule has 1 aromatic carbocycles. The van der Waals surface area contributed by atoms with Gasteiger partial charge in [-0.25, -0.2) is 0 Å². The van der Waals surface area contributed by atoms with Crippen molar-refractivity contribution in [2.24, 2.45) is 11.7 Å². The average Bonchev–Trinajstić information content (AvgIpc) is 2.36. The summed E-state index contributed by atoms with van der Waals surface area (Å²) in [6.07, 6.45) is 2.37. The number of nitrogens with two attached hydrogens (primary N) is 1. The molecule has 0 aliphatic heterocycles. The molecule has 0 saturated heterocycles. The number of carbonyl (C=O) groups excluding carboxylic acids is 1. The highest BCUT2D eigenvalue weighted by Gasteiger charge is 2.06. The van der Waals surface area contributed by atoms with E-state index in [1.54, 1.807) is 0 Å². The van der Waals surface area contributed by atoms with Crippen LogP contribution >= 0.6 is 28.3 Å². The second kappa shape index (κ2) is 10.9. The van der Waals surface area contributed by atoms with Gasteiger partial charge in [-0.1, -0.05) is 29.8 Å². The van der Waals surface area contributed by atoms with E-state index in [-0.39, 0.29) is 19.0 Å². The largest absolute Gasteiger partial charge is 0.483 e. The fraction of sp³-hybridized carbons (Fsp3) is 0.533. The number of amides is 1. The summed E-state index contributed by atoms with van der Waals surface area (Å²) in [7, 11) is 0. The van der Waals surface area contributed by atoms with Gasteiger partial charge in [0.05, 0.1) is 0 Å². The van der Waals surface area contributed by atoms with Crippen LogP contribution in [0.2, 0.25) is 0 Å². The zero-order valence-corrected chi connectivity index (χ0v) is 14.9. The monoisotopic (exact) mass is 378 g/mol. The minimum Gasteiger partial charge on any atom is -0.483 e. The van der Waals surface area contributed by atoms with E-state index >= 15 is 0 Å². The van der Waals surface area contributed by atoms with Crippen molar-refractivity contribution in [2.45, 2.75) is 33.2 Å². The van der Waals surface area contributed by atoms with Crippen molar-refractivity contribution in [2.75, 3.05) is 13.2 Å². The lowest BCUT2D eigenvalue weighted by molar-refractivity contribution is -0.119. The molecule has 6 heteroatoms. The van der Waals surface area contributed by atoms with E-state index in [1.165, 1.54) is 6.42 Å². The molecule has 0 spiro atoms. The zero-order chi connectivity index (χ0) is 15.0. The molecule has 0 heterocycles. The molecule has 120 valence electrons. The summed E-state index contributed by atoms with van der Waals surface area (Å²) < 4.78 is 6.40. The first-order valence-electron chi connectivity index (χ1n) is 6.89. The molecule has 0 radical (unpaired) electrons. The van der Waals surface area contributed by atoms with Gasteiger partial charge in [-0.3, -0.25) is 4.79 Å². The van der Waals surface area contributed by atoms with E-state index in [2.05, 4.69) is 35.1 Å². The number of nitrogens with one attached hydrogen (secondary N) is 1. The Morgan fingerprint density at radius 1 is 1.43 bits per heavy atom. The average molecular weight is 380 g/mol. The van der Waals surface area contributed by atoms with Crippen LogP contribution < -0.4 is 15.8 Å². The number of halogens is 2. The van der Waals surface area contributed by atoms with Gasteiger partial charge in [0, 0.05) is 16.6 Å². The maximum atomic E-state index is 10.8. The summed E-state index contributed by atoms with van der Waals surface area (Å²) in [5.74, 6) is 0.962. The molecular formula is C15H24BrClN2O2. The molecule has 1 aromatic rings. The van der Waals surface area contributed by atoms with Crippen molar-refractivity contribution in [3.05, 3.63) is 28.2 Å². The third-order valence-corrected chi connectivity index (χ3v) is 3.34. The highest BCUT2D eigenvalue weighted by molar-refractivity contribution is 9.10. The number of primary amides is 1. The lowest BCUT2D eigenvalue weighted by Crippen LogP contribution is -2.21. The Morgan fingerprint density at radius 3 is 2.76 bits per heavy atom. The number of ether oxygens (including phenoxy) is 1. The molecule has 0 aromatic heterocycles. The van der Waals surface area contributed by atoms with E-state index in [4.69, 9.17) is 10.5 Å². The second-order valence-corrected chi connectivity index (χ2v) is 6.14. The summed E-state index contributed by atoms with van der Waals surface area (Å²) >= 11 is 3.44. The highest BCUT2D eigenvalue weighted by atomic mass is 79.9. The predicted octanol–water partition coefficient (Wildman–Crippen LogP) is 3.26. The number of carbonyl (C=O) groups is 1. The van der Waals surface area contributed by atoms with Crippen molar-refractivity contribution in [1.82, 2.24) is 5.32 Å². The fourth-order valence-corrected chi connectivity index (χ4v) is 2.24. The van der Waals surface area contributed by atoms with Gasteiger partial charge in [0.2, 0.25) is 0 Å². The zero-order valence-electron chi connectivity index (χ0n) is 12.5. The van der Waals surface area contributed by atoms with E-state index in [1.807, 2.05) is 18.2 Å². The van der Waals surface area contributed by atoms with Crippen molar-refractivity contribution in [1.29, 1.82) is 0 Å². The minimum atomic E-state index is -0.469. The van der Waals surface area contributed by atoms with Crippen LogP contribution in [0.1, 0.15) is 32.3 Å². The Labute approximate surface area is 141 Å². The lowest BCUT2D eigenvalue weighted by atomic mass is 10.1. The summed E-state index contributed by atoms with van der Waals surface area (Å²) in [6.45, 7) is 6.04. The van der Waals surface area contributed by atoms with Gasteiger partial charge >= 0.3 is 0 Å². The standard InChI is InChI=1S/C15H23BrN2O2.ClH/c1-11(2)4-3-7-18-9-12-8-13(16)5-6-14(12)20-10-15(17)19;/h5-6,8,11,18H,3-4,7,9-10H2,1-2H3,(H2,17,19);1H. The van der Waals surface area contributed by atoms with Crippen LogP contribution in [0.25, 0.3) is 0 Å². The van der Waals surface area contributed by atoms with Gasteiger partial charge in [-0.15, -0.1) is 12.4 Å². The highest BCUT2D eigenvalue weighted by Crippen LogP contribution is 2.23. The molecule has 0 unspecified atom stereocenters. The van der Waals surface area contributed by atoms with Gasteiger partial charge < -0.3 is 15.8 Å². The van der Waals surface area contributed by atoms with E-state index in [0.29, 0.717) is 12.3 Å². The van der Waals surface area contributed by atoms with Gasteiger partial charge in [0.1, 0.15) is 5.75 Å². The van der Waals surface area contributed by atoms with E-state index < -0.39 is 5.91 Å². The van der Waals surface area contributed by atoms with Crippen LogP contribution in [-0.4, -0.2) is 19.1 Å². The number of hydrogen-bond donors (Lipinski definition) is 2. The van der Waals surface area contributed by atoms with Crippen molar-refractivity contribution < 1.29 is 9.53 Å². The first kappa shape index (κ1) is 20.2. The normalized spacial score (nSPS) is 10.3. The Balaban J connectivity index is 0.00000400. The molecule has 0 fully saturated rings. The summed E-state index contributed by atoms with van der Waals surface area (Å²) in [5, 5.41) is 3.40. The first-order valence-corrected chi connectivity index (χ1v) is 7.68. The second-order valence-electron chi connectivity index (χ2n) is 5.22. The molecule has 0 aliphatic rings. The maximum Gasteiger partial charge on any atom is 0.255 e. The number of benzene rings is 1. The molecule has 0 saturated carbocycles. The molecule has 21 heavy (non-hydrogen) atoms. The third-order valence-electron chi connectivity index (χ3n) is 2.84. The quantitative estimate of drug-likeness (QED) is 0.647. The van der Waals surface area contributed by atoms with Gasteiger partial charge in [0.15, 0.2) is 6.61 Å². The van der Waals surface area contributed by atoms with Crippen LogP contribution in [0.5, 0.6) is 5.75 Å². The molecular weight excluding hydrogens is 356 g/mol. The molecule has 4 nitrogen and oxygen atoms in total. The smallest absolute Gasteiger partial charge is 0.255 e. The predicted molar refractivity (Wildman–Crippen MR) is 91.9 cm³/mol.